The second-order valence-electron chi connectivity index (χ2n) is 6.55. The van der Waals surface area contributed by atoms with Crippen LogP contribution in [0.3, 0.4) is 0 Å². The molecule has 6 nitrogen and oxygen atoms in total. The molecule has 0 bridgehead atoms. The van der Waals surface area contributed by atoms with Gasteiger partial charge in [0.05, 0.1) is 26.4 Å². The first-order valence-corrected chi connectivity index (χ1v) is 9.62. The van der Waals surface area contributed by atoms with E-state index < -0.39 is 6.10 Å². The molecule has 1 N–H and O–H groups in total. The van der Waals surface area contributed by atoms with Crippen LogP contribution in [0.15, 0.2) is 60.7 Å². The molecule has 28 heavy (non-hydrogen) atoms. The molecule has 0 unspecified atom stereocenters. The van der Waals surface area contributed by atoms with Gasteiger partial charge in [-0.2, -0.15) is 0 Å². The highest BCUT2D eigenvalue weighted by molar-refractivity contribution is 5.16. The van der Waals surface area contributed by atoms with Crippen molar-refractivity contribution in [3.63, 3.8) is 0 Å². The molecule has 0 saturated carbocycles. The number of benzene rings is 2. The zero-order valence-corrected chi connectivity index (χ0v) is 16.1. The Bertz CT molecular complexity index is 649. The first-order valence-electron chi connectivity index (χ1n) is 9.62. The van der Waals surface area contributed by atoms with Gasteiger partial charge in [0.25, 0.3) is 0 Å². The Morgan fingerprint density at radius 3 is 1.61 bits per heavy atom. The van der Waals surface area contributed by atoms with Crippen LogP contribution < -0.4 is 0 Å². The van der Waals surface area contributed by atoms with E-state index in [4.69, 9.17) is 28.8 Å². The summed E-state index contributed by atoms with van der Waals surface area (Å²) in [4.78, 5) is 0. The van der Waals surface area contributed by atoms with Crippen molar-refractivity contribution in [3.05, 3.63) is 71.8 Å². The normalized spacial score (nSPS) is 27.5. The molecule has 4 rings (SSSR count). The largest absolute Gasteiger partial charge is 0.388 e. The number of rotatable bonds is 4. The average molecular weight is 388 g/mol. The minimum absolute atomic E-state index is 0.0787. The summed E-state index contributed by atoms with van der Waals surface area (Å²) in [6, 6.07) is 19.7. The zero-order chi connectivity index (χ0) is 19.6. The van der Waals surface area contributed by atoms with Gasteiger partial charge >= 0.3 is 0 Å². The van der Waals surface area contributed by atoms with Crippen LogP contribution in [0.4, 0.5) is 0 Å². The predicted octanol–water partition coefficient (Wildman–Crippen LogP) is 3.23. The summed E-state index contributed by atoms with van der Waals surface area (Å²) in [5.41, 5.74) is 2.06. The molecule has 0 radical (unpaired) electrons. The Morgan fingerprint density at radius 2 is 1.18 bits per heavy atom. The minimum Gasteiger partial charge on any atom is -0.388 e. The van der Waals surface area contributed by atoms with Gasteiger partial charge in [-0.15, -0.1) is 0 Å². The molecule has 0 aliphatic carbocycles. The number of hydrogen-bond donors (Lipinski definition) is 1. The number of ether oxygens (including phenoxy) is 5. The number of aliphatic hydroxyl groups excluding tert-OH is 1. The lowest BCUT2D eigenvalue weighted by Gasteiger charge is -2.29. The van der Waals surface area contributed by atoms with E-state index in [1.54, 1.807) is 0 Å². The molecule has 2 aromatic carbocycles. The molecule has 0 aromatic heterocycles. The van der Waals surface area contributed by atoms with Crippen LogP contribution in [-0.2, 0) is 23.7 Å². The SMILES string of the molecule is CCOC1COC(c2ccccc2)OC1.OC1COC(c2ccccc2)OC1. The summed E-state index contributed by atoms with van der Waals surface area (Å²) in [6.45, 7) is 4.58. The summed E-state index contributed by atoms with van der Waals surface area (Å²) in [6.07, 6.45) is -0.956. The molecule has 0 spiro atoms. The van der Waals surface area contributed by atoms with Crippen LogP contribution in [0.2, 0.25) is 0 Å². The van der Waals surface area contributed by atoms with Gasteiger partial charge < -0.3 is 28.8 Å². The monoisotopic (exact) mass is 388 g/mol. The molecule has 152 valence electrons. The summed E-state index contributed by atoms with van der Waals surface area (Å²) in [7, 11) is 0. The molecule has 0 amide bonds. The molecule has 2 heterocycles. The predicted molar refractivity (Wildman–Crippen MR) is 104 cm³/mol. The Kier molecular flexibility index (Phi) is 8.42. The van der Waals surface area contributed by atoms with Gasteiger partial charge in [0.15, 0.2) is 12.6 Å². The van der Waals surface area contributed by atoms with Crippen LogP contribution in [0.5, 0.6) is 0 Å². The van der Waals surface area contributed by atoms with E-state index in [1.165, 1.54) is 0 Å². The molecule has 2 aliphatic heterocycles. The quantitative estimate of drug-likeness (QED) is 0.868. The molecule has 2 aliphatic rings. The zero-order valence-electron chi connectivity index (χ0n) is 16.1. The van der Waals surface area contributed by atoms with E-state index >= 15 is 0 Å². The summed E-state index contributed by atoms with van der Waals surface area (Å²) in [5.74, 6) is 0. The maximum atomic E-state index is 9.12. The van der Waals surface area contributed by atoms with E-state index in [0.29, 0.717) is 33.0 Å². The fourth-order valence-corrected chi connectivity index (χ4v) is 2.92. The van der Waals surface area contributed by atoms with Crippen LogP contribution in [0, 0.1) is 0 Å². The van der Waals surface area contributed by atoms with Gasteiger partial charge in [-0.1, -0.05) is 60.7 Å². The van der Waals surface area contributed by atoms with Gasteiger partial charge in [0.1, 0.15) is 12.2 Å². The molecule has 2 aromatic rings. The second kappa shape index (κ2) is 11.3. The van der Waals surface area contributed by atoms with Crippen molar-refractivity contribution in [1.29, 1.82) is 0 Å². The maximum absolute atomic E-state index is 9.12. The van der Waals surface area contributed by atoms with Crippen molar-refractivity contribution in [2.75, 3.05) is 33.0 Å². The fraction of sp³-hybridized carbons (Fsp3) is 0.455. The van der Waals surface area contributed by atoms with Crippen molar-refractivity contribution >= 4 is 0 Å². The Balaban J connectivity index is 0.000000162. The first kappa shape index (κ1) is 20.9. The van der Waals surface area contributed by atoms with Gasteiger partial charge in [-0.05, 0) is 6.92 Å². The van der Waals surface area contributed by atoms with Crippen LogP contribution in [0.25, 0.3) is 0 Å². The first-order chi connectivity index (χ1) is 13.8. The molecule has 0 atom stereocenters. The second-order valence-corrected chi connectivity index (χ2v) is 6.55. The van der Waals surface area contributed by atoms with Crippen LogP contribution in [-0.4, -0.2) is 50.3 Å². The highest BCUT2D eigenvalue weighted by atomic mass is 16.7. The number of aliphatic hydroxyl groups is 1. The third-order valence-electron chi connectivity index (χ3n) is 4.29. The van der Waals surface area contributed by atoms with Gasteiger partial charge in [-0.3, -0.25) is 0 Å². The Hall–Kier alpha value is -1.80. The van der Waals surface area contributed by atoms with Gasteiger partial charge in [0.2, 0.25) is 0 Å². The van der Waals surface area contributed by atoms with E-state index in [9.17, 15) is 0 Å². The van der Waals surface area contributed by atoms with Crippen molar-refractivity contribution < 1.29 is 28.8 Å². The smallest absolute Gasteiger partial charge is 0.184 e. The standard InChI is InChI=1S/C12H16O3.C10H12O3/c1-2-13-11-8-14-12(15-9-11)10-6-4-3-5-7-10;11-9-6-12-10(13-7-9)8-4-2-1-3-5-8/h3-7,11-12H,2,8-9H2,1H3;1-5,9-11H,6-7H2. The van der Waals surface area contributed by atoms with Crippen molar-refractivity contribution in [2.45, 2.75) is 31.7 Å². The third kappa shape index (κ3) is 6.38. The molecule has 6 heteroatoms. The van der Waals surface area contributed by atoms with E-state index in [-0.39, 0.29) is 18.7 Å². The lowest BCUT2D eigenvalue weighted by molar-refractivity contribution is -0.229. The lowest BCUT2D eigenvalue weighted by atomic mass is 10.2. The Morgan fingerprint density at radius 1 is 0.750 bits per heavy atom. The van der Waals surface area contributed by atoms with Crippen molar-refractivity contribution in [2.24, 2.45) is 0 Å². The summed E-state index contributed by atoms with van der Waals surface area (Å²) >= 11 is 0. The highest BCUT2D eigenvalue weighted by Gasteiger charge is 2.23. The minimum atomic E-state index is -0.486. The topological polar surface area (TPSA) is 66.4 Å². The van der Waals surface area contributed by atoms with E-state index in [1.807, 2.05) is 67.6 Å². The highest BCUT2D eigenvalue weighted by Crippen LogP contribution is 2.23. The summed E-state index contributed by atoms with van der Waals surface area (Å²) < 4.78 is 27.2. The molecular formula is C22H28O6. The van der Waals surface area contributed by atoms with Crippen LogP contribution >= 0.6 is 0 Å². The van der Waals surface area contributed by atoms with Gasteiger partial charge in [0, 0.05) is 17.7 Å². The molecule has 2 fully saturated rings. The van der Waals surface area contributed by atoms with Crippen molar-refractivity contribution in [3.8, 4) is 0 Å². The van der Waals surface area contributed by atoms with Crippen LogP contribution in [0.1, 0.15) is 30.6 Å². The molecule has 2 saturated heterocycles. The summed E-state index contributed by atoms with van der Waals surface area (Å²) in [5, 5.41) is 9.12. The van der Waals surface area contributed by atoms with Gasteiger partial charge in [-0.25, -0.2) is 0 Å². The lowest BCUT2D eigenvalue weighted by Crippen LogP contribution is -2.33. The fourth-order valence-electron chi connectivity index (χ4n) is 2.92. The number of hydrogen-bond acceptors (Lipinski definition) is 6. The van der Waals surface area contributed by atoms with Crippen molar-refractivity contribution in [1.82, 2.24) is 0 Å². The van der Waals surface area contributed by atoms with E-state index in [2.05, 4.69) is 0 Å². The maximum Gasteiger partial charge on any atom is 0.184 e. The average Bonchev–Trinajstić information content (AvgIpc) is 2.77. The Labute approximate surface area is 165 Å². The molecular weight excluding hydrogens is 360 g/mol. The third-order valence-corrected chi connectivity index (χ3v) is 4.29. The van der Waals surface area contributed by atoms with E-state index in [0.717, 1.165) is 11.1 Å².